The van der Waals surface area contributed by atoms with Crippen molar-refractivity contribution < 1.29 is 9.90 Å². The van der Waals surface area contributed by atoms with E-state index in [1.165, 1.54) is 12.8 Å². The number of carbonyl (C=O) groups is 1. The Morgan fingerprint density at radius 1 is 1.24 bits per heavy atom. The summed E-state index contributed by atoms with van der Waals surface area (Å²) in [4.78, 5) is 11.8. The number of carbonyl (C=O) groups excluding carboxylic acids is 1. The highest BCUT2D eigenvalue weighted by Crippen LogP contribution is 2.13. The molecule has 0 heterocycles. The van der Waals surface area contributed by atoms with Crippen molar-refractivity contribution in [3.8, 4) is 11.8 Å². The van der Waals surface area contributed by atoms with Crippen molar-refractivity contribution in [1.29, 1.82) is 0 Å². The zero-order valence-corrected chi connectivity index (χ0v) is 13.0. The summed E-state index contributed by atoms with van der Waals surface area (Å²) in [6.07, 6.45) is 5.06. The molecule has 0 radical (unpaired) electrons. The molecule has 3 heteroatoms. The van der Waals surface area contributed by atoms with Crippen LogP contribution in [0.1, 0.15) is 63.1 Å². The lowest BCUT2D eigenvalue weighted by molar-refractivity contribution is -0.121. The van der Waals surface area contributed by atoms with Gasteiger partial charge in [-0.3, -0.25) is 4.79 Å². The van der Waals surface area contributed by atoms with Gasteiger partial charge in [-0.15, -0.1) is 0 Å². The quantitative estimate of drug-likeness (QED) is 0.598. The van der Waals surface area contributed by atoms with Gasteiger partial charge < -0.3 is 10.4 Å². The van der Waals surface area contributed by atoms with Crippen molar-refractivity contribution in [3.63, 3.8) is 0 Å². The Morgan fingerprint density at radius 2 is 1.95 bits per heavy atom. The Morgan fingerprint density at radius 3 is 2.57 bits per heavy atom. The molecule has 0 saturated carbocycles. The molecule has 0 bridgehead atoms. The van der Waals surface area contributed by atoms with Gasteiger partial charge in [0.2, 0.25) is 5.91 Å². The van der Waals surface area contributed by atoms with E-state index in [0.717, 1.165) is 24.0 Å². The third kappa shape index (κ3) is 6.97. The Balaban J connectivity index is 2.44. The summed E-state index contributed by atoms with van der Waals surface area (Å²) in [7, 11) is 0. The van der Waals surface area contributed by atoms with Gasteiger partial charge in [0.15, 0.2) is 0 Å². The average Bonchev–Trinajstić information content (AvgIpc) is 2.50. The van der Waals surface area contributed by atoms with Gasteiger partial charge in [-0.2, -0.15) is 0 Å². The standard InChI is InChI=1S/C18H25NO2/c1-3-4-5-6-9-18(21)19-15(2)17-12-10-16(11-13-17)8-7-14-20/h10-13,15,20H,3-6,9,14H2,1-2H3,(H,19,21). The molecule has 1 amide bonds. The van der Waals surface area contributed by atoms with E-state index in [4.69, 9.17) is 5.11 Å². The minimum atomic E-state index is -0.133. The number of benzene rings is 1. The molecule has 0 saturated heterocycles. The minimum absolute atomic E-state index is 0.00326. The maximum atomic E-state index is 11.8. The minimum Gasteiger partial charge on any atom is -0.384 e. The molecule has 1 aromatic carbocycles. The predicted octanol–water partition coefficient (Wildman–Crippen LogP) is 3.18. The number of aliphatic hydroxyl groups excluding tert-OH is 1. The van der Waals surface area contributed by atoms with E-state index in [0.29, 0.717) is 6.42 Å². The second-order valence-electron chi connectivity index (χ2n) is 5.18. The molecular formula is C18H25NO2. The summed E-state index contributed by atoms with van der Waals surface area (Å²) in [6, 6.07) is 7.74. The van der Waals surface area contributed by atoms with Crippen LogP contribution in [0.3, 0.4) is 0 Å². The lowest BCUT2D eigenvalue weighted by Crippen LogP contribution is -2.26. The number of hydrogen-bond donors (Lipinski definition) is 2. The van der Waals surface area contributed by atoms with Crippen LogP contribution in [0.25, 0.3) is 0 Å². The van der Waals surface area contributed by atoms with E-state index < -0.39 is 0 Å². The average molecular weight is 287 g/mol. The van der Waals surface area contributed by atoms with Crippen LogP contribution in [0.4, 0.5) is 0 Å². The summed E-state index contributed by atoms with van der Waals surface area (Å²) in [5, 5.41) is 11.7. The Labute approximate surface area is 127 Å². The molecule has 0 aliphatic rings. The largest absolute Gasteiger partial charge is 0.384 e. The Kier molecular flexibility index (Phi) is 8.23. The van der Waals surface area contributed by atoms with Crippen LogP contribution in [-0.4, -0.2) is 17.6 Å². The third-order valence-electron chi connectivity index (χ3n) is 3.36. The van der Waals surface area contributed by atoms with Gasteiger partial charge in [-0.05, 0) is 31.0 Å². The Hall–Kier alpha value is -1.79. The molecule has 0 fully saturated rings. The molecule has 21 heavy (non-hydrogen) atoms. The van der Waals surface area contributed by atoms with Crippen LogP contribution in [0.5, 0.6) is 0 Å². The van der Waals surface area contributed by atoms with Crippen molar-refractivity contribution in [2.45, 2.75) is 52.0 Å². The first kappa shape index (κ1) is 17.3. The van der Waals surface area contributed by atoms with Gasteiger partial charge in [-0.1, -0.05) is 50.2 Å². The lowest BCUT2D eigenvalue weighted by Gasteiger charge is -2.14. The fourth-order valence-corrected chi connectivity index (χ4v) is 2.11. The summed E-state index contributed by atoms with van der Waals surface area (Å²) in [5.41, 5.74) is 1.93. The zero-order chi connectivity index (χ0) is 15.5. The molecule has 0 aliphatic heterocycles. The topological polar surface area (TPSA) is 49.3 Å². The molecule has 1 atom stereocenters. The molecule has 1 rings (SSSR count). The van der Waals surface area contributed by atoms with Crippen LogP contribution in [0, 0.1) is 11.8 Å². The van der Waals surface area contributed by atoms with Gasteiger partial charge in [0.25, 0.3) is 0 Å². The van der Waals surface area contributed by atoms with Crippen molar-refractivity contribution >= 4 is 5.91 Å². The van der Waals surface area contributed by atoms with E-state index in [1.807, 2.05) is 31.2 Å². The van der Waals surface area contributed by atoms with Crippen molar-refractivity contribution in [2.24, 2.45) is 0 Å². The molecule has 114 valence electrons. The maximum absolute atomic E-state index is 11.8. The summed E-state index contributed by atoms with van der Waals surface area (Å²) in [6.45, 7) is 4.02. The molecule has 0 spiro atoms. The van der Waals surface area contributed by atoms with Crippen molar-refractivity contribution in [1.82, 2.24) is 5.32 Å². The first-order valence-corrected chi connectivity index (χ1v) is 7.66. The van der Waals surface area contributed by atoms with Crippen molar-refractivity contribution in [3.05, 3.63) is 35.4 Å². The van der Waals surface area contributed by atoms with E-state index in [9.17, 15) is 4.79 Å². The fraction of sp³-hybridized carbons (Fsp3) is 0.500. The van der Waals surface area contributed by atoms with Gasteiger partial charge in [0.1, 0.15) is 6.61 Å². The summed E-state index contributed by atoms with van der Waals surface area (Å²) in [5.74, 6) is 5.58. The smallest absolute Gasteiger partial charge is 0.220 e. The molecule has 0 aromatic heterocycles. The van der Waals surface area contributed by atoms with Crippen LogP contribution < -0.4 is 5.32 Å². The molecular weight excluding hydrogens is 262 g/mol. The van der Waals surface area contributed by atoms with E-state index in [-0.39, 0.29) is 18.6 Å². The zero-order valence-electron chi connectivity index (χ0n) is 13.0. The third-order valence-corrected chi connectivity index (χ3v) is 3.36. The van der Waals surface area contributed by atoms with Crippen LogP contribution in [0.2, 0.25) is 0 Å². The number of nitrogens with one attached hydrogen (secondary N) is 1. The summed E-state index contributed by atoms with van der Waals surface area (Å²) >= 11 is 0. The van der Waals surface area contributed by atoms with E-state index in [2.05, 4.69) is 24.1 Å². The van der Waals surface area contributed by atoms with Crippen LogP contribution >= 0.6 is 0 Å². The number of hydrogen-bond acceptors (Lipinski definition) is 2. The van der Waals surface area contributed by atoms with Gasteiger partial charge in [0, 0.05) is 12.0 Å². The van der Waals surface area contributed by atoms with E-state index >= 15 is 0 Å². The second-order valence-corrected chi connectivity index (χ2v) is 5.18. The fourth-order valence-electron chi connectivity index (χ4n) is 2.11. The highest BCUT2D eigenvalue weighted by atomic mass is 16.2. The number of aliphatic hydroxyl groups is 1. The highest BCUT2D eigenvalue weighted by molar-refractivity contribution is 5.76. The number of amides is 1. The highest BCUT2D eigenvalue weighted by Gasteiger charge is 2.08. The number of rotatable bonds is 7. The SMILES string of the molecule is CCCCCCC(=O)NC(C)c1ccc(C#CCO)cc1. The number of unbranched alkanes of at least 4 members (excludes halogenated alkanes) is 3. The molecule has 1 aromatic rings. The molecule has 3 nitrogen and oxygen atoms in total. The van der Waals surface area contributed by atoms with Gasteiger partial charge in [0.05, 0.1) is 6.04 Å². The normalized spacial score (nSPS) is 11.4. The first-order valence-electron chi connectivity index (χ1n) is 7.66. The molecule has 1 unspecified atom stereocenters. The van der Waals surface area contributed by atoms with Crippen molar-refractivity contribution in [2.75, 3.05) is 6.61 Å². The molecule has 2 N–H and O–H groups in total. The van der Waals surface area contributed by atoms with Gasteiger partial charge >= 0.3 is 0 Å². The van der Waals surface area contributed by atoms with Gasteiger partial charge in [-0.25, -0.2) is 0 Å². The second kappa shape index (κ2) is 10.0. The molecule has 0 aliphatic carbocycles. The summed E-state index contributed by atoms with van der Waals surface area (Å²) < 4.78 is 0. The van der Waals surface area contributed by atoms with E-state index in [1.54, 1.807) is 0 Å². The Bertz CT molecular complexity index is 482. The maximum Gasteiger partial charge on any atom is 0.220 e. The van der Waals surface area contributed by atoms with Crippen LogP contribution in [-0.2, 0) is 4.79 Å². The van der Waals surface area contributed by atoms with Crippen LogP contribution in [0.15, 0.2) is 24.3 Å². The monoisotopic (exact) mass is 287 g/mol. The lowest BCUT2D eigenvalue weighted by atomic mass is 10.1. The predicted molar refractivity (Wildman–Crippen MR) is 85.7 cm³/mol. The first-order chi connectivity index (χ1) is 10.2.